The summed E-state index contributed by atoms with van der Waals surface area (Å²) in [4.78, 5) is 15.3. The van der Waals surface area contributed by atoms with Gasteiger partial charge in [-0.05, 0) is 31.0 Å². The van der Waals surface area contributed by atoms with Crippen molar-refractivity contribution < 1.29 is 4.79 Å². The molecule has 0 bridgehead atoms. The Hall–Kier alpha value is -2.71. The van der Waals surface area contributed by atoms with Gasteiger partial charge in [-0.3, -0.25) is 19.1 Å². The predicted molar refractivity (Wildman–Crippen MR) is 114 cm³/mol. The molecule has 30 heavy (non-hydrogen) atoms. The summed E-state index contributed by atoms with van der Waals surface area (Å²) >= 11 is 5.93. The number of nitrogens with zero attached hydrogens (tertiary/aromatic N) is 6. The Morgan fingerprint density at radius 2 is 1.87 bits per heavy atom. The maximum Gasteiger partial charge on any atom is 0.272 e. The second-order valence-electron chi connectivity index (χ2n) is 7.73. The topological polar surface area (TPSA) is 80.9 Å². The quantitative estimate of drug-likeness (QED) is 0.674. The molecule has 0 radical (unpaired) electrons. The summed E-state index contributed by atoms with van der Waals surface area (Å²) in [5.41, 5.74) is 5.80. The number of nitrogens with one attached hydrogen (secondary N) is 1. The summed E-state index contributed by atoms with van der Waals surface area (Å²) in [6.07, 6.45) is 1.64. The minimum Gasteiger partial charge on any atom is -0.347 e. The standard InChI is InChI=1S/C21H26ClN7O/c1-14-19(28(3)26-24-14)13-29-10-8-17-18(9-11-29)27(2)25-20(17)21(30)23-12-15-4-6-16(22)7-5-15/h4-7H,8-13H2,1-3H3,(H,23,30). The lowest BCUT2D eigenvalue weighted by Gasteiger charge is -2.20. The van der Waals surface area contributed by atoms with Crippen LogP contribution in [0.2, 0.25) is 5.02 Å². The lowest BCUT2D eigenvalue weighted by molar-refractivity contribution is 0.0944. The predicted octanol–water partition coefficient (Wildman–Crippen LogP) is 2.04. The number of carbonyl (C=O) groups is 1. The van der Waals surface area contributed by atoms with E-state index in [1.165, 1.54) is 0 Å². The number of carbonyl (C=O) groups excluding carboxylic acids is 1. The van der Waals surface area contributed by atoms with Crippen LogP contribution in [0.5, 0.6) is 0 Å². The summed E-state index contributed by atoms with van der Waals surface area (Å²) in [6.45, 7) is 5.00. The Balaban J connectivity index is 1.45. The van der Waals surface area contributed by atoms with Crippen molar-refractivity contribution >= 4 is 17.5 Å². The molecule has 0 spiro atoms. The summed E-state index contributed by atoms with van der Waals surface area (Å²) in [5.74, 6) is -0.137. The van der Waals surface area contributed by atoms with Crippen LogP contribution >= 0.6 is 11.6 Å². The molecule has 1 amide bonds. The van der Waals surface area contributed by atoms with Crippen molar-refractivity contribution in [2.45, 2.75) is 32.9 Å². The molecule has 8 nitrogen and oxygen atoms in total. The number of benzene rings is 1. The highest BCUT2D eigenvalue weighted by Gasteiger charge is 2.25. The molecule has 0 fully saturated rings. The van der Waals surface area contributed by atoms with Crippen LogP contribution in [-0.4, -0.2) is 48.7 Å². The minimum atomic E-state index is -0.137. The third kappa shape index (κ3) is 4.24. The van der Waals surface area contributed by atoms with E-state index in [1.807, 2.05) is 54.6 Å². The zero-order chi connectivity index (χ0) is 21.3. The average Bonchev–Trinajstić information content (AvgIpc) is 3.12. The van der Waals surface area contributed by atoms with E-state index in [1.54, 1.807) is 0 Å². The van der Waals surface area contributed by atoms with Crippen molar-refractivity contribution in [3.05, 3.63) is 63.2 Å². The van der Waals surface area contributed by atoms with Crippen molar-refractivity contribution in [1.29, 1.82) is 0 Å². The van der Waals surface area contributed by atoms with E-state index >= 15 is 0 Å². The monoisotopic (exact) mass is 427 g/mol. The highest BCUT2D eigenvalue weighted by molar-refractivity contribution is 6.30. The number of fused-ring (bicyclic) bond motifs is 1. The van der Waals surface area contributed by atoms with E-state index in [0.29, 0.717) is 17.3 Å². The van der Waals surface area contributed by atoms with Crippen LogP contribution in [0.4, 0.5) is 0 Å². The van der Waals surface area contributed by atoms with Crippen LogP contribution in [0.15, 0.2) is 24.3 Å². The molecule has 1 aliphatic heterocycles. The number of hydrogen-bond acceptors (Lipinski definition) is 5. The van der Waals surface area contributed by atoms with E-state index in [4.69, 9.17) is 11.6 Å². The summed E-state index contributed by atoms with van der Waals surface area (Å²) in [6, 6.07) is 7.47. The fourth-order valence-electron chi connectivity index (χ4n) is 3.94. The second-order valence-corrected chi connectivity index (χ2v) is 8.16. The normalized spacial score (nSPS) is 14.4. The first-order chi connectivity index (χ1) is 14.4. The molecule has 0 atom stereocenters. The highest BCUT2D eigenvalue weighted by Crippen LogP contribution is 2.21. The van der Waals surface area contributed by atoms with Crippen LogP contribution in [0.25, 0.3) is 0 Å². The van der Waals surface area contributed by atoms with Gasteiger partial charge in [-0.15, -0.1) is 5.10 Å². The van der Waals surface area contributed by atoms with Gasteiger partial charge in [-0.1, -0.05) is 28.9 Å². The van der Waals surface area contributed by atoms with Crippen LogP contribution in [0, 0.1) is 6.92 Å². The molecule has 0 saturated heterocycles. The van der Waals surface area contributed by atoms with Crippen LogP contribution in [0.3, 0.4) is 0 Å². The number of amides is 1. The van der Waals surface area contributed by atoms with Crippen molar-refractivity contribution in [2.75, 3.05) is 13.1 Å². The van der Waals surface area contributed by atoms with Crippen molar-refractivity contribution in [3.63, 3.8) is 0 Å². The van der Waals surface area contributed by atoms with E-state index in [-0.39, 0.29) is 5.91 Å². The van der Waals surface area contributed by atoms with E-state index in [2.05, 4.69) is 25.6 Å². The third-order valence-electron chi connectivity index (χ3n) is 5.71. The van der Waals surface area contributed by atoms with Gasteiger partial charge >= 0.3 is 0 Å². The third-order valence-corrected chi connectivity index (χ3v) is 5.96. The van der Waals surface area contributed by atoms with Gasteiger partial charge in [0.05, 0.1) is 11.4 Å². The van der Waals surface area contributed by atoms with Crippen LogP contribution in [-0.2, 0) is 40.0 Å². The van der Waals surface area contributed by atoms with Crippen molar-refractivity contribution in [1.82, 2.24) is 35.0 Å². The number of aromatic nitrogens is 5. The second kappa shape index (κ2) is 8.57. The zero-order valence-corrected chi connectivity index (χ0v) is 18.3. The number of aryl methyl sites for hydroxylation is 3. The van der Waals surface area contributed by atoms with E-state index in [0.717, 1.165) is 60.7 Å². The molecule has 0 aliphatic carbocycles. The highest BCUT2D eigenvalue weighted by atomic mass is 35.5. The van der Waals surface area contributed by atoms with Gasteiger partial charge in [-0.25, -0.2) is 0 Å². The molecule has 0 unspecified atom stereocenters. The Morgan fingerprint density at radius 3 is 2.57 bits per heavy atom. The summed E-state index contributed by atoms with van der Waals surface area (Å²) in [5, 5.41) is 16.5. The Bertz CT molecular complexity index is 1030. The molecule has 0 saturated carbocycles. The maximum atomic E-state index is 12.9. The SMILES string of the molecule is Cc1nnn(C)c1CN1CCc2c(C(=O)NCc3ccc(Cl)cc3)nn(C)c2CC1. The minimum absolute atomic E-state index is 0.137. The molecule has 1 aliphatic rings. The fraction of sp³-hybridized carbons (Fsp3) is 0.429. The Labute approximate surface area is 180 Å². The molecule has 2 aromatic heterocycles. The Morgan fingerprint density at radius 1 is 1.13 bits per heavy atom. The first kappa shape index (κ1) is 20.6. The van der Waals surface area contributed by atoms with E-state index in [9.17, 15) is 4.79 Å². The smallest absolute Gasteiger partial charge is 0.272 e. The van der Waals surface area contributed by atoms with Gasteiger partial charge in [0, 0.05) is 63.0 Å². The molecule has 1 N–H and O–H groups in total. The molecule has 1 aromatic carbocycles. The first-order valence-electron chi connectivity index (χ1n) is 10.1. The average molecular weight is 428 g/mol. The zero-order valence-electron chi connectivity index (χ0n) is 17.5. The fourth-order valence-corrected chi connectivity index (χ4v) is 4.07. The molecule has 3 heterocycles. The lowest BCUT2D eigenvalue weighted by Crippen LogP contribution is -2.28. The van der Waals surface area contributed by atoms with Gasteiger partial charge in [0.2, 0.25) is 0 Å². The molecule has 4 rings (SSSR count). The van der Waals surface area contributed by atoms with Crippen molar-refractivity contribution in [3.8, 4) is 0 Å². The van der Waals surface area contributed by atoms with Crippen LogP contribution < -0.4 is 5.32 Å². The van der Waals surface area contributed by atoms with Gasteiger partial charge in [0.25, 0.3) is 5.91 Å². The molecule has 3 aromatic rings. The molecular weight excluding hydrogens is 402 g/mol. The van der Waals surface area contributed by atoms with Gasteiger partial charge in [-0.2, -0.15) is 5.10 Å². The van der Waals surface area contributed by atoms with E-state index < -0.39 is 0 Å². The number of halogens is 1. The lowest BCUT2D eigenvalue weighted by atomic mass is 10.1. The summed E-state index contributed by atoms with van der Waals surface area (Å²) < 4.78 is 3.69. The van der Waals surface area contributed by atoms with Gasteiger partial charge < -0.3 is 5.32 Å². The molecule has 9 heteroatoms. The Kier molecular flexibility index (Phi) is 5.87. The molecule has 158 valence electrons. The largest absolute Gasteiger partial charge is 0.347 e. The number of hydrogen-bond donors (Lipinski definition) is 1. The van der Waals surface area contributed by atoms with Crippen LogP contribution in [0.1, 0.15) is 38.7 Å². The first-order valence-corrected chi connectivity index (χ1v) is 10.4. The molecular formula is C21H26ClN7O. The number of rotatable bonds is 5. The van der Waals surface area contributed by atoms with Gasteiger partial charge in [0.1, 0.15) is 0 Å². The van der Waals surface area contributed by atoms with Gasteiger partial charge in [0.15, 0.2) is 5.69 Å². The van der Waals surface area contributed by atoms with Crippen molar-refractivity contribution in [2.24, 2.45) is 14.1 Å². The summed E-state index contributed by atoms with van der Waals surface area (Å²) in [7, 11) is 3.84. The maximum absolute atomic E-state index is 12.9.